The summed E-state index contributed by atoms with van der Waals surface area (Å²) < 4.78 is 6.81. The summed E-state index contributed by atoms with van der Waals surface area (Å²) >= 11 is 0. The molecule has 0 aliphatic rings. The van der Waals surface area contributed by atoms with E-state index in [4.69, 9.17) is 4.74 Å². The molecule has 0 radical (unpaired) electrons. The molecule has 3 rings (SSSR count). The lowest BCUT2D eigenvalue weighted by atomic mass is 10.1. The van der Waals surface area contributed by atoms with Gasteiger partial charge in [-0.2, -0.15) is 4.68 Å². The van der Waals surface area contributed by atoms with E-state index in [1.807, 2.05) is 0 Å². The summed E-state index contributed by atoms with van der Waals surface area (Å²) in [5.74, 6) is 0.538. The largest absolute Gasteiger partial charge is 0.494 e. The summed E-state index contributed by atoms with van der Waals surface area (Å²) in [7, 11) is 1.53. The summed E-state index contributed by atoms with van der Waals surface area (Å²) in [5.41, 5.74) is 1.45. The number of carbonyl (C=O) groups excluding carboxylic acids is 1. The number of aliphatic hydroxyl groups is 1. The van der Waals surface area contributed by atoms with Crippen LogP contribution < -0.4 is 10.1 Å². The summed E-state index contributed by atoms with van der Waals surface area (Å²) in [4.78, 5) is 16.2. The van der Waals surface area contributed by atoms with Gasteiger partial charge in [-0.3, -0.25) is 9.78 Å². The lowest BCUT2D eigenvalue weighted by Gasteiger charge is -2.14. The zero-order valence-electron chi connectivity index (χ0n) is 13.6. The van der Waals surface area contributed by atoms with Crippen molar-refractivity contribution in [3.05, 3.63) is 54.1 Å². The van der Waals surface area contributed by atoms with E-state index in [-0.39, 0.29) is 0 Å². The van der Waals surface area contributed by atoms with Crippen LogP contribution in [0.5, 0.6) is 5.75 Å². The number of hydrogen-bond donors (Lipinski definition) is 2. The molecule has 2 heterocycles. The van der Waals surface area contributed by atoms with Crippen LogP contribution in [0.1, 0.15) is 17.5 Å². The van der Waals surface area contributed by atoms with Crippen molar-refractivity contribution in [3.63, 3.8) is 0 Å². The Labute approximate surface area is 143 Å². The maximum absolute atomic E-state index is 12.3. The minimum Gasteiger partial charge on any atom is -0.494 e. The Hall–Kier alpha value is -3.33. The normalized spacial score (nSPS) is 11.8. The lowest BCUT2D eigenvalue weighted by molar-refractivity contribution is -0.124. The summed E-state index contributed by atoms with van der Waals surface area (Å²) in [5, 5.41) is 24.1. The SMILES string of the molecule is COc1ccc(NC(=O)C(O)c2cccnc2)cc1-n1nnnc1C. The maximum atomic E-state index is 12.3. The Morgan fingerprint density at radius 1 is 1.36 bits per heavy atom. The van der Waals surface area contributed by atoms with Gasteiger partial charge in [-0.05, 0) is 41.6 Å². The number of rotatable bonds is 5. The Bertz CT molecular complexity index is 881. The number of nitrogens with one attached hydrogen (secondary N) is 1. The van der Waals surface area contributed by atoms with Crippen LogP contribution in [0.4, 0.5) is 5.69 Å². The van der Waals surface area contributed by atoms with Crippen LogP contribution in [0.3, 0.4) is 0 Å². The fourth-order valence-electron chi connectivity index (χ4n) is 2.29. The number of carbonyl (C=O) groups is 1. The number of benzene rings is 1. The van der Waals surface area contributed by atoms with Gasteiger partial charge in [0.2, 0.25) is 0 Å². The Balaban J connectivity index is 1.86. The first-order chi connectivity index (χ1) is 12.1. The molecule has 0 fully saturated rings. The van der Waals surface area contributed by atoms with Gasteiger partial charge in [-0.15, -0.1) is 5.10 Å². The number of aromatic nitrogens is 5. The summed E-state index contributed by atoms with van der Waals surface area (Å²) in [6.07, 6.45) is 1.68. The first-order valence-corrected chi connectivity index (χ1v) is 7.42. The first-order valence-electron chi connectivity index (χ1n) is 7.42. The van der Waals surface area contributed by atoms with E-state index in [0.717, 1.165) is 0 Å². The number of aliphatic hydroxyl groups excluding tert-OH is 1. The number of methoxy groups -OCH3 is 1. The number of amides is 1. The van der Waals surface area contributed by atoms with Crippen LogP contribution in [-0.2, 0) is 4.79 Å². The van der Waals surface area contributed by atoms with E-state index >= 15 is 0 Å². The number of pyridine rings is 1. The van der Waals surface area contributed by atoms with E-state index in [1.54, 1.807) is 43.5 Å². The van der Waals surface area contributed by atoms with Crippen molar-refractivity contribution in [3.8, 4) is 11.4 Å². The maximum Gasteiger partial charge on any atom is 0.257 e. The smallest absolute Gasteiger partial charge is 0.257 e. The third kappa shape index (κ3) is 3.45. The van der Waals surface area contributed by atoms with Crippen LogP contribution in [0.25, 0.3) is 5.69 Å². The number of anilines is 1. The highest BCUT2D eigenvalue weighted by Gasteiger charge is 2.19. The van der Waals surface area contributed by atoms with Crippen LogP contribution in [-0.4, -0.2) is 43.3 Å². The summed E-state index contributed by atoms with van der Waals surface area (Å²) in [6.45, 7) is 1.75. The van der Waals surface area contributed by atoms with Crippen molar-refractivity contribution in [2.24, 2.45) is 0 Å². The quantitative estimate of drug-likeness (QED) is 0.713. The van der Waals surface area contributed by atoms with E-state index in [2.05, 4.69) is 25.8 Å². The molecule has 1 atom stereocenters. The second kappa shape index (κ2) is 7.05. The van der Waals surface area contributed by atoms with Crippen LogP contribution in [0.2, 0.25) is 0 Å². The molecule has 1 amide bonds. The molecule has 9 heteroatoms. The standard InChI is InChI=1S/C16H16N6O3/c1-10-19-20-21-22(10)13-8-12(5-6-14(13)25-2)18-16(24)15(23)11-4-3-7-17-9-11/h3-9,15,23H,1-2H3,(H,18,24). The van der Waals surface area contributed by atoms with Crippen molar-refractivity contribution in [1.82, 2.24) is 25.2 Å². The molecule has 1 unspecified atom stereocenters. The number of aryl methyl sites for hydroxylation is 1. The average molecular weight is 340 g/mol. The number of tetrazole rings is 1. The molecule has 0 aliphatic carbocycles. The zero-order valence-corrected chi connectivity index (χ0v) is 13.6. The molecule has 0 saturated heterocycles. The van der Waals surface area contributed by atoms with Crippen LogP contribution in [0.15, 0.2) is 42.7 Å². The third-order valence-electron chi connectivity index (χ3n) is 3.55. The average Bonchev–Trinajstić information content (AvgIpc) is 3.07. The number of hydrogen-bond acceptors (Lipinski definition) is 7. The zero-order chi connectivity index (χ0) is 17.8. The van der Waals surface area contributed by atoms with Gasteiger partial charge in [0.25, 0.3) is 5.91 Å². The molecule has 128 valence electrons. The fraction of sp³-hybridized carbons (Fsp3) is 0.188. The van der Waals surface area contributed by atoms with E-state index < -0.39 is 12.0 Å². The Kier molecular flexibility index (Phi) is 4.66. The predicted molar refractivity (Wildman–Crippen MR) is 88.3 cm³/mol. The molecule has 0 bridgehead atoms. The lowest BCUT2D eigenvalue weighted by Crippen LogP contribution is -2.21. The molecule has 2 aromatic heterocycles. The molecule has 3 aromatic rings. The van der Waals surface area contributed by atoms with Crippen molar-refractivity contribution in [2.75, 3.05) is 12.4 Å². The molecule has 25 heavy (non-hydrogen) atoms. The van der Waals surface area contributed by atoms with Gasteiger partial charge >= 0.3 is 0 Å². The van der Waals surface area contributed by atoms with Crippen LogP contribution >= 0.6 is 0 Å². The molecule has 9 nitrogen and oxygen atoms in total. The molecule has 1 aromatic carbocycles. The number of nitrogens with zero attached hydrogens (tertiary/aromatic N) is 5. The highest BCUT2D eigenvalue weighted by molar-refractivity contribution is 5.95. The molecular weight excluding hydrogens is 324 g/mol. The molecule has 0 saturated carbocycles. The van der Waals surface area contributed by atoms with E-state index in [9.17, 15) is 9.90 Å². The van der Waals surface area contributed by atoms with Crippen molar-refractivity contribution in [2.45, 2.75) is 13.0 Å². The van der Waals surface area contributed by atoms with Crippen LogP contribution in [0, 0.1) is 6.92 Å². The minimum absolute atomic E-state index is 0.407. The van der Waals surface area contributed by atoms with Gasteiger partial charge in [0.05, 0.1) is 7.11 Å². The second-order valence-electron chi connectivity index (χ2n) is 5.20. The minimum atomic E-state index is -1.32. The Morgan fingerprint density at radius 2 is 2.20 bits per heavy atom. The van der Waals surface area contributed by atoms with Gasteiger partial charge in [0, 0.05) is 23.6 Å². The monoisotopic (exact) mass is 340 g/mol. The van der Waals surface area contributed by atoms with Crippen molar-refractivity contribution >= 4 is 11.6 Å². The Morgan fingerprint density at radius 3 is 2.84 bits per heavy atom. The van der Waals surface area contributed by atoms with Crippen molar-refractivity contribution < 1.29 is 14.6 Å². The first kappa shape index (κ1) is 16.5. The fourth-order valence-corrected chi connectivity index (χ4v) is 2.29. The topological polar surface area (TPSA) is 115 Å². The van der Waals surface area contributed by atoms with Crippen molar-refractivity contribution in [1.29, 1.82) is 0 Å². The third-order valence-corrected chi connectivity index (χ3v) is 3.55. The number of ether oxygens (including phenoxy) is 1. The predicted octanol–water partition coefficient (Wildman–Crippen LogP) is 1.05. The second-order valence-corrected chi connectivity index (χ2v) is 5.20. The highest BCUT2D eigenvalue weighted by Crippen LogP contribution is 2.27. The van der Waals surface area contributed by atoms with Gasteiger partial charge in [-0.1, -0.05) is 6.07 Å². The summed E-state index contributed by atoms with van der Waals surface area (Å²) in [6, 6.07) is 8.29. The van der Waals surface area contributed by atoms with E-state index in [1.165, 1.54) is 18.0 Å². The molecular formula is C16H16N6O3. The van der Waals surface area contributed by atoms with Gasteiger partial charge < -0.3 is 15.2 Å². The van der Waals surface area contributed by atoms with Gasteiger partial charge in [0.15, 0.2) is 11.9 Å². The molecule has 0 spiro atoms. The molecule has 0 aliphatic heterocycles. The highest BCUT2D eigenvalue weighted by atomic mass is 16.5. The van der Waals surface area contributed by atoms with Gasteiger partial charge in [0.1, 0.15) is 11.4 Å². The van der Waals surface area contributed by atoms with Gasteiger partial charge in [-0.25, -0.2) is 0 Å². The van der Waals surface area contributed by atoms with E-state index in [0.29, 0.717) is 28.5 Å². The molecule has 2 N–H and O–H groups in total.